The zero-order valence-electron chi connectivity index (χ0n) is 16.8. The van der Waals surface area contributed by atoms with E-state index in [4.69, 9.17) is 9.52 Å². The molecule has 0 aliphatic carbocycles. The van der Waals surface area contributed by atoms with Crippen LogP contribution in [0.1, 0.15) is 28.9 Å². The van der Waals surface area contributed by atoms with Crippen LogP contribution >= 0.6 is 22.6 Å². The molecular formula is C20H19FIN3O6S. The number of carbonyl (C=O) groups excluding carboxylic acids is 1. The molecule has 9 nitrogen and oxygen atoms in total. The highest BCUT2D eigenvalue weighted by Crippen LogP contribution is 2.34. The number of carboxylic acid groups (broad SMARTS) is 1. The van der Waals surface area contributed by atoms with Crippen LogP contribution in [0.2, 0.25) is 0 Å². The Morgan fingerprint density at radius 1 is 1.31 bits per heavy atom. The van der Waals surface area contributed by atoms with Crippen molar-refractivity contribution in [2.75, 3.05) is 13.6 Å². The molecule has 0 spiro atoms. The van der Waals surface area contributed by atoms with Gasteiger partial charge in [-0.2, -0.15) is 4.31 Å². The molecular weight excluding hydrogens is 556 g/mol. The summed E-state index contributed by atoms with van der Waals surface area (Å²) in [7, 11) is 1.48. The summed E-state index contributed by atoms with van der Waals surface area (Å²) in [4.78, 5) is 27.8. The van der Waals surface area contributed by atoms with Crippen LogP contribution in [0, 0.1) is 9.39 Å². The van der Waals surface area contributed by atoms with Gasteiger partial charge in [0.25, 0.3) is 5.91 Å². The van der Waals surface area contributed by atoms with Crippen molar-refractivity contribution in [3.05, 3.63) is 51.0 Å². The van der Waals surface area contributed by atoms with Crippen molar-refractivity contribution in [2.45, 2.75) is 19.4 Å². The van der Waals surface area contributed by atoms with Gasteiger partial charge in [-0.3, -0.25) is 14.1 Å². The van der Waals surface area contributed by atoms with Gasteiger partial charge in [-0.15, -0.1) is 0 Å². The highest BCUT2D eigenvalue weighted by molar-refractivity contribution is 14.1. The summed E-state index contributed by atoms with van der Waals surface area (Å²) in [6, 6.07) is 7.18. The Morgan fingerprint density at radius 3 is 2.59 bits per heavy atom. The summed E-state index contributed by atoms with van der Waals surface area (Å²) in [5.41, 5.74) is 1.31. The lowest BCUT2D eigenvalue weighted by Gasteiger charge is -2.17. The fourth-order valence-corrected chi connectivity index (χ4v) is 4.21. The predicted octanol–water partition coefficient (Wildman–Crippen LogP) is 3.40. The number of carbonyl (C=O) groups is 2. The molecule has 0 fully saturated rings. The largest absolute Gasteiger partial charge is 0.481 e. The Labute approximate surface area is 198 Å². The molecule has 0 bridgehead atoms. The molecule has 2 heterocycles. The van der Waals surface area contributed by atoms with Gasteiger partial charge in [0.15, 0.2) is 0 Å². The quantitative estimate of drug-likeness (QED) is 0.263. The summed E-state index contributed by atoms with van der Waals surface area (Å²) in [6.07, 6.45) is 0.0582. The first kappa shape index (κ1) is 24.2. The zero-order valence-corrected chi connectivity index (χ0v) is 19.8. The maximum absolute atomic E-state index is 13.4. The van der Waals surface area contributed by atoms with Crippen LogP contribution in [-0.2, 0) is 22.6 Å². The lowest BCUT2D eigenvalue weighted by Crippen LogP contribution is -2.27. The van der Waals surface area contributed by atoms with Gasteiger partial charge in [-0.05, 0) is 59.3 Å². The van der Waals surface area contributed by atoms with Crippen molar-refractivity contribution < 1.29 is 32.3 Å². The van der Waals surface area contributed by atoms with Gasteiger partial charge < -0.3 is 14.8 Å². The lowest BCUT2D eigenvalue weighted by atomic mass is 10.1. The Hall–Kier alpha value is -2.42. The minimum atomic E-state index is -2.33. The second kappa shape index (κ2) is 10.5. The maximum Gasteiger partial charge on any atom is 0.303 e. The molecule has 3 rings (SSSR count). The number of hydrogen-bond acceptors (Lipinski definition) is 5. The first-order chi connectivity index (χ1) is 15.2. The third kappa shape index (κ3) is 5.49. The fourth-order valence-electron chi connectivity index (χ4n) is 3.09. The fraction of sp³-hybridized carbons (Fsp3) is 0.250. The number of amides is 1. The van der Waals surface area contributed by atoms with Crippen molar-refractivity contribution in [1.82, 2.24) is 14.6 Å². The summed E-state index contributed by atoms with van der Waals surface area (Å²) < 4.78 is 42.3. The van der Waals surface area contributed by atoms with E-state index in [9.17, 15) is 22.7 Å². The number of halogens is 2. The molecule has 0 saturated carbocycles. The minimum Gasteiger partial charge on any atom is -0.481 e. The van der Waals surface area contributed by atoms with Crippen LogP contribution in [0.5, 0.6) is 0 Å². The van der Waals surface area contributed by atoms with Gasteiger partial charge in [0.1, 0.15) is 11.6 Å². The average molecular weight is 575 g/mol. The van der Waals surface area contributed by atoms with E-state index in [1.54, 1.807) is 6.07 Å². The molecule has 3 aromatic rings. The van der Waals surface area contributed by atoms with Gasteiger partial charge in [0.05, 0.1) is 23.2 Å². The number of aliphatic carboxylic acids is 1. The highest BCUT2D eigenvalue weighted by atomic mass is 127. The van der Waals surface area contributed by atoms with E-state index in [0.29, 0.717) is 20.2 Å². The molecule has 2 aromatic heterocycles. The monoisotopic (exact) mass is 575 g/mol. The van der Waals surface area contributed by atoms with Gasteiger partial charge in [0.2, 0.25) is 17.0 Å². The molecule has 0 aliphatic heterocycles. The van der Waals surface area contributed by atoms with Crippen molar-refractivity contribution in [3.8, 4) is 11.3 Å². The number of benzene rings is 1. The third-order valence-electron chi connectivity index (χ3n) is 4.61. The van der Waals surface area contributed by atoms with Gasteiger partial charge in [0, 0.05) is 29.1 Å². The number of fused-ring (bicyclic) bond motifs is 1. The van der Waals surface area contributed by atoms with E-state index >= 15 is 0 Å². The number of pyridine rings is 1. The molecule has 0 aliphatic rings. The summed E-state index contributed by atoms with van der Waals surface area (Å²) >= 11 is -0.326. The van der Waals surface area contributed by atoms with Crippen molar-refractivity contribution >= 4 is 56.8 Å². The number of nitrogens with zero attached hydrogens (tertiary/aromatic N) is 2. The topological polar surface area (TPSA) is 133 Å². The normalized spacial score (nSPS) is 12.3. The highest BCUT2D eigenvalue weighted by Gasteiger charge is 2.24. The molecule has 0 radical (unpaired) electrons. The van der Waals surface area contributed by atoms with Gasteiger partial charge in [-0.25, -0.2) is 13.6 Å². The maximum atomic E-state index is 13.4. The van der Waals surface area contributed by atoms with E-state index in [-0.39, 0.29) is 43.0 Å². The Morgan fingerprint density at radius 2 is 2.00 bits per heavy atom. The third-order valence-corrected chi connectivity index (χ3v) is 6.30. The molecule has 3 N–H and O–H groups in total. The first-order valence-corrected chi connectivity index (χ1v) is 11.5. The number of hydrogen-bond donors (Lipinski definition) is 3. The number of nitrogens with one attached hydrogen (secondary N) is 1. The SMILES string of the molecule is CNC(=O)c1c(-c2ccc(F)cc2)oc2nc(CN(CCCC(=O)O)S(=O)O)c(I)cc12. The summed E-state index contributed by atoms with van der Waals surface area (Å²) in [5, 5.41) is 11.8. The van der Waals surface area contributed by atoms with Crippen LogP contribution in [0.4, 0.5) is 4.39 Å². The molecule has 0 saturated heterocycles. The Bertz CT molecular complexity index is 1180. The zero-order chi connectivity index (χ0) is 23.4. The second-order valence-corrected chi connectivity index (χ2v) is 8.89. The Balaban J connectivity index is 2.03. The van der Waals surface area contributed by atoms with E-state index in [1.165, 1.54) is 35.6 Å². The molecule has 32 heavy (non-hydrogen) atoms. The molecule has 170 valence electrons. The lowest BCUT2D eigenvalue weighted by molar-refractivity contribution is -0.137. The molecule has 1 amide bonds. The summed E-state index contributed by atoms with van der Waals surface area (Å²) in [6.45, 7) is 0.0481. The number of carboxylic acids is 1. The molecule has 1 unspecified atom stereocenters. The first-order valence-electron chi connectivity index (χ1n) is 9.39. The van der Waals surface area contributed by atoms with E-state index in [0.717, 1.165) is 0 Å². The van der Waals surface area contributed by atoms with Crippen LogP contribution in [0.3, 0.4) is 0 Å². The smallest absolute Gasteiger partial charge is 0.303 e. The van der Waals surface area contributed by atoms with Crippen LogP contribution in [0.15, 0.2) is 34.7 Å². The molecule has 12 heteroatoms. The van der Waals surface area contributed by atoms with Crippen molar-refractivity contribution in [3.63, 3.8) is 0 Å². The number of rotatable bonds is 9. The standard InChI is InChI=1S/C20H19FIN3O6S/c1-23-19(28)17-13-9-14(22)15(10-25(32(29)30)8-2-3-16(26)27)24-20(13)31-18(17)11-4-6-12(21)7-5-11/h4-7,9H,2-3,8,10H2,1H3,(H,23,28)(H,26,27)(H,29,30). The van der Waals surface area contributed by atoms with Gasteiger partial charge >= 0.3 is 5.97 Å². The van der Waals surface area contributed by atoms with Crippen LogP contribution in [-0.4, -0.2) is 48.6 Å². The van der Waals surface area contributed by atoms with E-state index in [1.807, 2.05) is 22.6 Å². The van der Waals surface area contributed by atoms with Crippen molar-refractivity contribution in [1.29, 1.82) is 0 Å². The average Bonchev–Trinajstić information content (AvgIpc) is 3.10. The van der Waals surface area contributed by atoms with Crippen molar-refractivity contribution in [2.24, 2.45) is 0 Å². The van der Waals surface area contributed by atoms with E-state index < -0.39 is 29.0 Å². The number of furan rings is 1. The van der Waals surface area contributed by atoms with Crippen LogP contribution in [0.25, 0.3) is 22.4 Å². The second-order valence-electron chi connectivity index (χ2n) is 6.75. The van der Waals surface area contributed by atoms with Gasteiger partial charge in [-0.1, -0.05) is 0 Å². The molecule has 1 atom stereocenters. The molecule has 1 aromatic carbocycles. The minimum absolute atomic E-state index is 0.0289. The van der Waals surface area contributed by atoms with Crippen LogP contribution < -0.4 is 5.32 Å². The van der Waals surface area contributed by atoms with E-state index in [2.05, 4.69) is 10.3 Å². The summed E-state index contributed by atoms with van der Waals surface area (Å²) in [5.74, 6) is -1.60. The number of aromatic nitrogens is 1. The Kier molecular flexibility index (Phi) is 7.92. The predicted molar refractivity (Wildman–Crippen MR) is 124 cm³/mol.